The van der Waals surface area contributed by atoms with Crippen LogP contribution in [0.15, 0.2) is 47.1 Å². The van der Waals surface area contributed by atoms with E-state index in [9.17, 15) is 4.79 Å². The first-order chi connectivity index (χ1) is 12.7. The van der Waals surface area contributed by atoms with Crippen LogP contribution in [0, 0.1) is 0 Å². The smallest absolute Gasteiger partial charge is 0.234 e. The van der Waals surface area contributed by atoms with Gasteiger partial charge in [0.05, 0.1) is 24.4 Å². The molecule has 1 aliphatic rings. The number of hydrogen-bond donors (Lipinski definition) is 1. The molecule has 0 bridgehead atoms. The summed E-state index contributed by atoms with van der Waals surface area (Å²) in [5, 5.41) is 3.52. The van der Waals surface area contributed by atoms with Crippen LogP contribution >= 0.6 is 11.6 Å². The van der Waals surface area contributed by atoms with Gasteiger partial charge in [-0.15, -0.1) is 0 Å². The number of furan rings is 1. The molecular formula is C19H24ClN3O3. The van der Waals surface area contributed by atoms with Crippen LogP contribution in [-0.2, 0) is 11.3 Å². The van der Waals surface area contributed by atoms with Crippen LogP contribution in [0.1, 0.15) is 5.76 Å². The number of carbonyl (C=O) groups is 1. The Morgan fingerprint density at radius 1 is 1.12 bits per heavy atom. The molecule has 1 saturated heterocycles. The van der Waals surface area contributed by atoms with Crippen molar-refractivity contribution in [2.75, 3.05) is 45.9 Å². The average Bonchev–Trinajstić information content (AvgIpc) is 3.17. The number of ether oxygens (including phenoxy) is 1. The molecule has 6 nitrogen and oxygen atoms in total. The maximum Gasteiger partial charge on any atom is 0.234 e. The second-order valence-corrected chi connectivity index (χ2v) is 6.66. The topological polar surface area (TPSA) is 58.0 Å². The van der Waals surface area contributed by atoms with Gasteiger partial charge in [-0.3, -0.25) is 14.6 Å². The summed E-state index contributed by atoms with van der Waals surface area (Å²) in [6.07, 6.45) is 1.61. The molecule has 1 fully saturated rings. The molecule has 1 N–H and O–H groups in total. The Balaban J connectivity index is 1.30. The lowest BCUT2D eigenvalue weighted by atomic mass is 10.3. The van der Waals surface area contributed by atoms with Crippen molar-refractivity contribution in [1.82, 2.24) is 15.1 Å². The maximum atomic E-state index is 12.0. The summed E-state index contributed by atoms with van der Waals surface area (Å²) in [6.45, 7) is 5.92. The van der Waals surface area contributed by atoms with Crippen LogP contribution in [0.5, 0.6) is 5.75 Å². The van der Waals surface area contributed by atoms with Crippen LogP contribution < -0.4 is 10.1 Å². The number of para-hydroxylation sites is 1. The summed E-state index contributed by atoms with van der Waals surface area (Å²) >= 11 is 6.08. The zero-order valence-electron chi connectivity index (χ0n) is 14.7. The van der Waals surface area contributed by atoms with E-state index in [4.69, 9.17) is 20.8 Å². The molecule has 0 aliphatic carbocycles. The Labute approximate surface area is 158 Å². The molecule has 26 heavy (non-hydrogen) atoms. The van der Waals surface area contributed by atoms with Crippen molar-refractivity contribution < 1.29 is 13.9 Å². The molecule has 0 unspecified atom stereocenters. The van der Waals surface area contributed by atoms with Gasteiger partial charge in [0, 0.05) is 32.7 Å². The monoisotopic (exact) mass is 377 g/mol. The predicted octanol–water partition coefficient (Wildman–Crippen LogP) is 2.25. The van der Waals surface area contributed by atoms with E-state index in [-0.39, 0.29) is 5.91 Å². The average molecular weight is 378 g/mol. The van der Waals surface area contributed by atoms with Crippen molar-refractivity contribution in [3.63, 3.8) is 0 Å². The van der Waals surface area contributed by atoms with E-state index in [0.717, 1.165) is 44.2 Å². The molecule has 0 saturated carbocycles. The number of nitrogens with zero attached hydrogens (tertiary/aromatic N) is 2. The van der Waals surface area contributed by atoms with Crippen molar-refractivity contribution in [2.24, 2.45) is 0 Å². The molecule has 2 heterocycles. The molecule has 1 aromatic heterocycles. The van der Waals surface area contributed by atoms with Crippen molar-refractivity contribution in [2.45, 2.75) is 6.54 Å². The van der Waals surface area contributed by atoms with E-state index < -0.39 is 0 Å². The molecule has 0 atom stereocenters. The number of piperazine rings is 1. The summed E-state index contributed by atoms with van der Waals surface area (Å²) in [5.41, 5.74) is 0. The summed E-state index contributed by atoms with van der Waals surface area (Å²) in [6, 6.07) is 11.2. The molecule has 2 aromatic rings. The van der Waals surface area contributed by atoms with Gasteiger partial charge >= 0.3 is 0 Å². The number of nitrogens with one attached hydrogen (secondary N) is 1. The van der Waals surface area contributed by atoms with Crippen molar-refractivity contribution >= 4 is 17.5 Å². The van der Waals surface area contributed by atoms with E-state index >= 15 is 0 Å². The fraction of sp³-hybridized carbons (Fsp3) is 0.421. The third kappa shape index (κ3) is 5.76. The fourth-order valence-electron chi connectivity index (χ4n) is 2.88. The maximum absolute atomic E-state index is 12.0. The standard InChI is InChI=1S/C19H24ClN3O3/c20-17-5-1-2-6-18(17)26-13-11-22-7-9-23(10-8-22)15-19(24)21-14-16-4-3-12-25-16/h1-6,12H,7-11,13-15H2,(H,21,24). The molecular weight excluding hydrogens is 354 g/mol. The summed E-state index contributed by atoms with van der Waals surface area (Å²) in [4.78, 5) is 16.5. The molecule has 3 rings (SSSR count). The molecule has 0 spiro atoms. The van der Waals surface area contributed by atoms with Crippen LogP contribution in [0.2, 0.25) is 5.02 Å². The minimum absolute atomic E-state index is 0.0249. The predicted molar refractivity (Wildman–Crippen MR) is 100 cm³/mol. The number of hydrogen-bond acceptors (Lipinski definition) is 5. The minimum atomic E-state index is 0.0249. The summed E-state index contributed by atoms with van der Waals surface area (Å²) < 4.78 is 10.9. The van der Waals surface area contributed by atoms with Gasteiger partial charge in [-0.1, -0.05) is 23.7 Å². The van der Waals surface area contributed by atoms with Crippen LogP contribution in [-0.4, -0.2) is 61.6 Å². The first kappa shape index (κ1) is 18.8. The summed E-state index contributed by atoms with van der Waals surface area (Å²) in [7, 11) is 0. The number of benzene rings is 1. The Kier molecular flexibility index (Phi) is 6.94. The van der Waals surface area contributed by atoms with Crippen LogP contribution in [0.25, 0.3) is 0 Å². The van der Waals surface area contributed by atoms with Crippen LogP contribution in [0.4, 0.5) is 0 Å². The van der Waals surface area contributed by atoms with E-state index in [2.05, 4.69) is 15.1 Å². The lowest BCUT2D eigenvalue weighted by Crippen LogP contribution is -2.50. The summed E-state index contributed by atoms with van der Waals surface area (Å²) in [5.74, 6) is 1.51. The molecule has 0 radical (unpaired) electrons. The van der Waals surface area contributed by atoms with E-state index in [1.54, 1.807) is 6.26 Å². The second kappa shape index (κ2) is 9.62. The fourth-order valence-corrected chi connectivity index (χ4v) is 3.07. The number of amides is 1. The zero-order chi connectivity index (χ0) is 18.2. The van der Waals surface area contributed by atoms with E-state index in [1.807, 2.05) is 36.4 Å². The van der Waals surface area contributed by atoms with Gasteiger partial charge in [0.15, 0.2) is 0 Å². The lowest BCUT2D eigenvalue weighted by molar-refractivity contribution is -0.122. The highest BCUT2D eigenvalue weighted by atomic mass is 35.5. The number of halogens is 1. The number of rotatable bonds is 8. The first-order valence-electron chi connectivity index (χ1n) is 8.82. The van der Waals surface area contributed by atoms with Gasteiger partial charge in [0.1, 0.15) is 18.1 Å². The van der Waals surface area contributed by atoms with E-state index in [1.165, 1.54) is 0 Å². The van der Waals surface area contributed by atoms with Gasteiger partial charge in [-0.05, 0) is 24.3 Å². The zero-order valence-corrected chi connectivity index (χ0v) is 15.5. The van der Waals surface area contributed by atoms with Gasteiger partial charge < -0.3 is 14.5 Å². The quantitative estimate of drug-likeness (QED) is 0.764. The Hall–Kier alpha value is -2.02. The Bertz CT molecular complexity index is 685. The van der Waals surface area contributed by atoms with Crippen molar-refractivity contribution in [1.29, 1.82) is 0 Å². The Morgan fingerprint density at radius 3 is 2.62 bits per heavy atom. The normalized spacial score (nSPS) is 15.7. The second-order valence-electron chi connectivity index (χ2n) is 6.25. The highest BCUT2D eigenvalue weighted by Crippen LogP contribution is 2.22. The van der Waals surface area contributed by atoms with Crippen LogP contribution in [0.3, 0.4) is 0 Å². The molecule has 1 aromatic carbocycles. The SMILES string of the molecule is O=C(CN1CCN(CCOc2ccccc2Cl)CC1)NCc1ccco1. The number of carbonyl (C=O) groups excluding carboxylic acids is 1. The third-order valence-electron chi connectivity index (χ3n) is 4.37. The minimum Gasteiger partial charge on any atom is -0.491 e. The lowest BCUT2D eigenvalue weighted by Gasteiger charge is -2.34. The van der Waals surface area contributed by atoms with Crippen molar-refractivity contribution in [3.05, 3.63) is 53.4 Å². The van der Waals surface area contributed by atoms with Crippen molar-refractivity contribution in [3.8, 4) is 5.75 Å². The molecule has 140 valence electrons. The molecule has 7 heteroatoms. The Morgan fingerprint density at radius 2 is 1.88 bits per heavy atom. The van der Waals surface area contributed by atoms with Gasteiger partial charge in [-0.2, -0.15) is 0 Å². The first-order valence-corrected chi connectivity index (χ1v) is 9.19. The molecule has 1 amide bonds. The largest absolute Gasteiger partial charge is 0.491 e. The highest BCUT2D eigenvalue weighted by Gasteiger charge is 2.18. The highest BCUT2D eigenvalue weighted by molar-refractivity contribution is 6.32. The third-order valence-corrected chi connectivity index (χ3v) is 4.69. The van der Waals surface area contributed by atoms with Gasteiger partial charge in [0.25, 0.3) is 0 Å². The van der Waals surface area contributed by atoms with Gasteiger partial charge in [-0.25, -0.2) is 0 Å². The van der Waals surface area contributed by atoms with E-state index in [0.29, 0.717) is 24.7 Å². The van der Waals surface area contributed by atoms with Gasteiger partial charge in [0.2, 0.25) is 5.91 Å². The molecule has 1 aliphatic heterocycles.